The van der Waals surface area contributed by atoms with E-state index in [0.29, 0.717) is 11.8 Å². The number of carbonyl (C=O) groups is 4. The number of ether oxygens (including phenoxy) is 3. The number of hydrogen-bond acceptors (Lipinski definition) is 8. The molecule has 0 radical (unpaired) electrons. The van der Waals surface area contributed by atoms with Gasteiger partial charge in [-0.1, -0.05) is 34.3 Å². The summed E-state index contributed by atoms with van der Waals surface area (Å²) < 4.78 is 17.1. The fraction of sp³-hybridized carbons (Fsp3) is 0.842. The lowest BCUT2D eigenvalue weighted by Crippen LogP contribution is -2.68. The van der Waals surface area contributed by atoms with Gasteiger partial charge in [0.05, 0.1) is 12.0 Å². The van der Waals surface area contributed by atoms with Crippen LogP contribution in [0, 0.1) is 56.7 Å². The summed E-state index contributed by atoms with van der Waals surface area (Å²) in [7, 11) is 0. The van der Waals surface area contributed by atoms with E-state index < -0.39 is 10.8 Å². The van der Waals surface area contributed by atoms with Crippen LogP contribution in [0.3, 0.4) is 0 Å². The summed E-state index contributed by atoms with van der Waals surface area (Å²) in [5.41, 5.74) is -0.166. The van der Waals surface area contributed by atoms with Gasteiger partial charge in [0.25, 0.3) is 0 Å². The number of nitrogens with one attached hydrogen (secondary N) is 1. The second-order valence-corrected chi connectivity index (χ2v) is 16.8. The number of fused-ring (bicyclic) bond motifs is 7. The van der Waals surface area contributed by atoms with Crippen molar-refractivity contribution in [1.29, 1.82) is 0 Å². The highest BCUT2D eigenvalue weighted by atomic mass is 16.6. The minimum absolute atomic E-state index is 0.00979. The lowest BCUT2D eigenvalue weighted by Gasteiger charge is -2.73. The Hall–Kier alpha value is -2.42. The molecule has 0 aromatic heterocycles. The summed E-state index contributed by atoms with van der Waals surface area (Å²) in [6.45, 7) is 19.0. The molecule has 11 atom stereocenters. The average molecular weight is 658 g/mol. The van der Waals surface area contributed by atoms with E-state index in [9.17, 15) is 24.3 Å². The van der Waals surface area contributed by atoms with Gasteiger partial charge in [-0.25, -0.2) is 0 Å². The molecule has 0 heterocycles. The van der Waals surface area contributed by atoms with E-state index in [1.165, 1.54) is 20.8 Å². The van der Waals surface area contributed by atoms with Crippen LogP contribution in [0.2, 0.25) is 0 Å². The molecule has 264 valence electrons. The first kappa shape index (κ1) is 35.9. The maximum absolute atomic E-state index is 14.1. The second kappa shape index (κ2) is 12.8. The monoisotopic (exact) mass is 657 g/mol. The van der Waals surface area contributed by atoms with Gasteiger partial charge in [-0.2, -0.15) is 0 Å². The third-order valence-electron chi connectivity index (χ3n) is 14.9. The molecule has 0 spiro atoms. The third kappa shape index (κ3) is 5.64. The van der Waals surface area contributed by atoms with Crippen LogP contribution in [0.25, 0.3) is 0 Å². The van der Waals surface area contributed by atoms with Gasteiger partial charge in [-0.05, 0) is 116 Å². The first-order valence-electron chi connectivity index (χ1n) is 18.0. The molecule has 1 unspecified atom stereocenters. The third-order valence-corrected chi connectivity index (χ3v) is 14.9. The maximum atomic E-state index is 14.1. The van der Waals surface area contributed by atoms with Gasteiger partial charge in [0.15, 0.2) is 0 Å². The number of hydrogen-bond donors (Lipinski definition) is 2. The fourth-order valence-corrected chi connectivity index (χ4v) is 12.7. The van der Waals surface area contributed by atoms with Gasteiger partial charge < -0.3 is 24.6 Å². The van der Waals surface area contributed by atoms with Crippen LogP contribution < -0.4 is 5.32 Å². The van der Waals surface area contributed by atoms with Gasteiger partial charge >= 0.3 is 17.9 Å². The van der Waals surface area contributed by atoms with Crippen molar-refractivity contribution < 1.29 is 38.5 Å². The molecule has 5 saturated carbocycles. The zero-order valence-corrected chi connectivity index (χ0v) is 29.9. The molecule has 0 aromatic carbocycles. The van der Waals surface area contributed by atoms with Crippen LogP contribution in [0.1, 0.15) is 113 Å². The summed E-state index contributed by atoms with van der Waals surface area (Å²) in [6.07, 6.45) is 8.77. The predicted molar refractivity (Wildman–Crippen MR) is 177 cm³/mol. The molecule has 9 nitrogen and oxygen atoms in total. The quantitative estimate of drug-likeness (QED) is 0.182. The van der Waals surface area contributed by atoms with Crippen molar-refractivity contribution >= 4 is 23.8 Å². The normalized spacial score (nSPS) is 43.7. The highest BCUT2D eigenvalue weighted by molar-refractivity contribution is 5.84. The topological polar surface area (TPSA) is 128 Å². The average Bonchev–Trinajstić information content (AvgIpc) is 3.40. The van der Waals surface area contributed by atoms with Crippen molar-refractivity contribution in [3.63, 3.8) is 0 Å². The first-order valence-corrected chi connectivity index (χ1v) is 18.0. The van der Waals surface area contributed by atoms with Crippen molar-refractivity contribution in [3.8, 4) is 0 Å². The summed E-state index contributed by atoms with van der Waals surface area (Å²) in [4.78, 5) is 50.1. The zero-order chi connectivity index (χ0) is 34.6. The Balaban J connectivity index is 1.51. The predicted octanol–water partition coefficient (Wildman–Crippen LogP) is 5.77. The van der Waals surface area contributed by atoms with Crippen LogP contribution in [0.15, 0.2) is 12.2 Å². The minimum Gasteiger partial charge on any atom is -0.465 e. The number of aliphatic hydroxyl groups is 1. The van der Waals surface area contributed by atoms with E-state index in [0.717, 1.165) is 69.8 Å². The van der Waals surface area contributed by atoms with Gasteiger partial charge in [0.1, 0.15) is 19.3 Å². The summed E-state index contributed by atoms with van der Waals surface area (Å²) in [5, 5.41) is 12.6. The summed E-state index contributed by atoms with van der Waals surface area (Å²) in [5.74, 6) is 0.216. The van der Waals surface area contributed by atoms with Crippen LogP contribution in [0.4, 0.5) is 0 Å². The van der Waals surface area contributed by atoms with Crippen molar-refractivity contribution in [2.45, 2.75) is 119 Å². The first-order chi connectivity index (χ1) is 22.0. The lowest BCUT2D eigenvalue weighted by molar-refractivity contribution is -0.256. The van der Waals surface area contributed by atoms with Crippen LogP contribution in [0.5, 0.6) is 0 Å². The Labute approximate surface area is 281 Å². The van der Waals surface area contributed by atoms with E-state index in [4.69, 9.17) is 14.2 Å². The van der Waals surface area contributed by atoms with Gasteiger partial charge in [0.2, 0.25) is 5.91 Å². The number of rotatable bonds is 9. The zero-order valence-electron chi connectivity index (χ0n) is 29.9. The molecule has 5 aliphatic rings. The van der Waals surface area contributed by atoms with Gasteiger partial charge in [-0.3, -0.25) is 19.2 Å². The van der Waals surface area contributed by atoms with Crippen LogP contribution in [-0.4, -0.2) is 61.4 Å². The Bertz CT molecular complexity index is 1280. The SMILES string of the molecule is C=C(COC(C)=O)[C@@H]1CC[C@]2(C(=O)NCCO)CC[C@]3(C)C(CC[C@@H]4[C@@]5(C)CC[C@H](OC(C)=O)[C@@](C)(COC(C)=O)[C@@H]5CC[C@]43C)[C@@H]12. The standard InChI is InChI=1S/C38H59NO8/c1-23(21-45-24(2)41)27-11-16-38(33(44)39-19-20-40)18-17-36(7)28(32(27)38)9-10-30-34(5)14-13-31(47-26(4)43)35(6,22-46-25(3)42)29(34)12-15-37(30,36)8/h27-32,40H,1,9-22H2,2-8H3,(H,39,44)/t27-,28?,29+,30+,31-,32+,34-,35-,36+,37+,38-/m0/s1. The van der Waals surface area contributed by atoms with Crippen LogP contribution in [-0.2, 0) is 33.4 Å². The molecular formula is C38H59NO8. The Morgan fingerprint density at radius 1 is 0.787 bits per heavy atom. The lowest BCUT2D eigenvalue weighted by atomic mass is 9.32. The fourth-order valence-electron chi connectivity index (χ4n) is 12.7. The molecule has 47 heavy (non-hydrogen) atoms. The summed E-state index contributed by atoms with van der Waals surface area (Å²) >= 11 is 0. The van der Waals surface area contributed by atoms with E-state index in [2.05, 4.69) is 39.6 Å². The molecule has 2 N–H and O–H groups in total. The van der Waals surface area contributed by atoms with E-state index in [1.54, 1.807) is 0 Å². The number of amides is 1. The maximum Gasteiger partial charge on any atom is 0.302 e. The van der Waals surface area contributed by atoms with E-state index in [1.807, 2.05) is 0 Å². The van der Waals surface area contributed by atoms with Crippen molar-refractivity contribution in [2.75, 3.05) is 26.4 Å². The van der Waals surface area contributed by atoms with Gasteiger partial charge in [-0.15, -0.1) is 0 Å². The van der Waals surface area contributed by atoms with E-state index >= 15 is 0 Å². The number of carbonyl (C=O) groups excluding carboxylic acids is 4. The van der Waals surface area contributed by atoms with Gasteiger partial charge in [0, 0.05) is 32.7 Å². The number of esters is 3. The molecule has 5 rings (SSSR count). The highest BCUT2D eigenvalue weighted by Gasteiger charge is 2.72. The summed E-state index contributed by atoms with van der Waals surface area (Å²) in [6, 6.07) is 0. The smallest absolute Gasteiger partial charge is 0.302 e. The van der Waals surface area contributed by atoms with E-state index in [-0.39, 0.29) is 90.3 Å². The second-order valence-electron chi connectivity index (χ2n) is 16.8. The molecular weight excluding hydrogens is 598 g/mol. The molecule has 1 amide bonds. The molecule has 9 heteroatoms. The molecule has 0 aromatic rings. The molecule has 0 saturated heterocycles. The Kier molecular flexibility index (Phi) is 9.77. The minimum atomic E-state index is -0.530. The molecule has 5 aliphatic carbocycles. The van der Waals surface area contributed by atoms with Crippen molar-refractivity contribution in [3.05, 3.63) is 12.2 Å². The molecule has 0 bridgehead atoms. The van der Waals surface area contributed by atoms with Crippen LogP contribution >= 0.6 is 0 Å². The van der Waals surface area contributed by atoms with Crippen molar-refractivity contribution in [2.24, 2.45) is 56.7 Å². The number of aliphatic hydroxyl groups excluding tert-OH is 1. The Morgan fingerprint density at radius 2 is 1.49 bits per heavy atom. The molecule has 5 fully saturated rings. The Morgan fingerprint density at radius 3 is 2.13 bits per heavy atom. The largest absolute Gasteiger partial charge is 0.465 e. The highest BCUT2D eigenvalue weighted by Crippen LogP contribution is 2.77. The van der Waals surface area contributed by atoms with Crippen molar-refractivity contribution in [1.82, 2.24) is 5.32 Å². The molecule has 0 aliphatic heterocycles.